The van der Waals surface area contributed by atoms with Gasteiger partial charge in [0.1, 0.15) is 18.1 Å². The van der Waals surface area contributed by atoms with Crippen molar-refractivity contribution in [3.63, 3.8) is 0 Å². The molecule has 0 aliphatic heterocycles. The molecule has 0 amide bonds. The predicted molar refractivity (Wildman–Crippen MR) is 67.1 cm³/mol. The predicted octanol–water partition coefficient (Wildman–Crippen LogP) is 2.31. The Hall–Kier alpha value is -1.39. The van der Waals surface area contributed by atoms with Crippen molar-refractivity contribution in [3.8, 4) is 0 Å². The van der Waals surface area contributed by atoms with Gasteiger partial charge < -0.3 is 9.30 Å². The third-order valence-electron chi connectivity index (χ3n) is 3.13. The average molecular weight is 251 g/mol. The number of hydrogen-bond donors (Lipinski definition) is 0. The number of ether oxygens (including phenoxy) is 1. The molecule has 1 saturated carbocycles. The van der Waals surface area contributed by atoms with Gasteiger partial charge >= 0.3 is 5.97 Å². The zero-order valence-corrected chi connectivity index (χ0v) is 11.3. The van der Waals surface area contributed by atoms with Gasteiger partial charge in [-0.05, 0) is 32.1 Å². The van der Waals surface area contributed by atoms with E-state index >= 15 is 0 Å². The van der Waals surface area contributed by atoms with E-state index < -0.39 is 0 Å². The zero-order valence-electron chi connectivity index (χ0n) is 11.3. The highest BCUT2D eigenvalue weighted by atomic mass is 16.5. The molecule has 1 fully saturated rings. The Kier molecular flexibility index (Phi) is 3.99. The van der Waals surface area contributed by atoms with Gasteiger partial charge in [-0.3, -0.25) is 4.79 Å². The maximum Gasteiger partial charge on any atom is 0.316 e. The van der Waals surface area contributed by atoms with E-state index in [1.165, 1.54) is 0 Å². The summed E-state index contributed by atoms with van der Waals surface area (Å²) in [5, 5.41) is 8.11. The minimum atomic E-state index is -0.284. The summed E-state index contributed by atoms with van der Waals surface area (Å²) in [7, 11) is 0. The van der Waals surface area contributed by atoms with Crippen LogP contribution in [-0.4, -0.2) is 27.3 Å². The van der Waals surface area contributed by atoms with Crippen LogP contribution in [0, 0.1) is 5.92 Å². The minimum absolute atomic E-state index is 0.180. The molecule has 5 nitrogen and oxygen atoms in total. The van der Waals surface area contributed by atoms with Gasteiger partial charge in [-0.25, -0.2) is 0 Å². The van der Waals surface area contributed by atoms with Crippen molar-refractivity contribution in [2.24, 2.45) is 5.92 Å². The van der Waals surface area contributed by atoms with Crippen LogP contribution in [-0.2, 0) is 9.53 Å². The summed E-state index contributed by atoms with van der Waals surface area (Å²) in [4.78, 5) is 12.1. The van der Waals surface area contributed by atoms with Crippen LogP contribution in [0.4, 0.5) is 0 Å². The number of esters is 1. The fraction of sp³-hybridized carbons (Fsp3) is 0.769. The van der Waals surface area contributed by atoms with Gasteiger partial charge in [0.2, 0.25) is 0 Å². The van der Waals surface area contributed by atoms with E-state index in [0.717, 1.165) is 25.1 Å². The first-order chi connectivity index (χ1) is 8.63. The highest BCUT2D eigenvalue weighted by molar-refractivity contribution is 5.77. The number of rotatable bonds is 6. The maximum absolute atomic E-state index is 12.1. The summed E-state index contributed by atoms with van der Waals surface area (Å²) in [6.45, 7) is 6.44. The van der Waals surface area contributed by atoms with Crippen molar-refractivity contribution in [3.05, 3.63) is 12.2 Å². The Morgan fingerprint density at radius 2 is 2.28 bits per heavy atom. The van der Waals surface area contributed by atoms with E-state index in [4.69, 9.17) is 4.74 Å². The van der Waals surface area contributed by atoms with Crippen LogP contribution in [0.5, 0.6) is 0 Å². The molecule has 0 saturated heterocycles. The highest BCUT2D eigenvalue weighted by Gasteiger charge is 2.33. The molecule has 0 bridgehead atoms. The van der Waals surface area contributed by atoms with Crippen molar-refractivity contribution in [1.82, 2.24) is 14.8 Å². The Labute approximate surface area is 108 Å². The van der Waals surface area contributed by atoms with Crippen LogP contribution in [0.25, 0.3) is 0 Å². The SMILES string of the molecule is CCOC(=O)C(CC(C)C)c1nncn1C1CC1. The zero-order chi connectivity index (χ0) is 13.1. The van der Waals surface area contributed by atoms with Crippen molar-refractivity contribution < 1.29 is 9.53 Å². The van der Waals surface area contributed by atoms with Gasteiger partial charge in [0.15, 0.2) is 0 Å². The molecule has 1 aliphatic carbocycles. The number of carbonyl (C=O) groups is 1. The number of carbonyl (C=O) groups excluding carboxylic acids is 1. The van der Waals surface area contributed by atoms with E-state index in [1.54, 1.807) is 6.33 Å². The monoisotopic (exact) mass is 251 g/mol. The maximum atomic E-state index is 12.1. The first-order valence-corrected chi connectivity index (χ1v) is 6.69. The largest absolute Gasteiger partial charge is 0.465 e. The molecule has 1 aromatic rings. The molecular formula is C13H21N3O2. The third-order valence-corrected chi connectivity index (χ3v) is 3.13. The van der Waals surface area contributed by atoms with Gasteiger partial charge in [0, 0.05) is 6.04 Å². The fourth-order valence-corrected chi connectivity index (χ4v) is 2.16. The number of aromatic nitrogens is 3. The van der Waals surface area contributed by atoms with Crippen LogP contribution >= 0.6 is 0 Å². The topological polar surface area (TPSA) is 57.0 Å². The van der Waals surface area contributed by atoms with Crippen LogP contribution in [0.2, 0.25) is 0 Å². The molecule has 18 heavy (non-hydrogen) atoms. The molecule has 2 rings (SSSR count). The van der Waals surface area contributed by atoms with Crippen LogP contribution in [0.15, 0.2) is 6.33 Å². The summed E-state index contributed by atoms with van der Waals surface area (Å²) in [6, 6.07) is 0.485. The minimum Gasteiger partial charge on any atom is -0.465 e. The second-order valence-corrected chi connectivity index (χ2v) is 5.26. The Morgan fingerprint density at radius 3 is 2.83 bits per heavy atom. The Balaban J connectivity index is 2.20. The van der Waals surface area contributed by atoms with Gasteiger partial charge in [-0.2, -0.15) is 0 Å². The smallest absolute Gasteiger partial charge is 0.316 e. The molecule has 1 aliphatic rings. The lowest BCUT2D eigenvalue weighted by Crippen LogP contribution is -2.21. The molecule has 0 spiro atoms. The quantitative estimate of drug-likeness (QED) is 0.728. The molecule has 1 unspecified atom stereocenters. The normalized spacial score (nSPS) is 16.9. The summed E-state index contributed by atoms with van der Waals surface area (Å²) in [5.74, 6) is 0.725. The molecule has 100 valence electrons. The fourth-order valence-electron chi connectivity index (χ4n) is 2.16. The molecule has 1 aromatic heterocycles. The van der Waals surface area contributed by atoms with Crippen LogP contribution in [0.1, 0.15) is 57.8 Å². The lowest BCUT2D eigenvalue weighted by Gasteiger charge is -2.17. The summed E-state index contributed by atoms with van der Waals surface area (Å²) in [5.41, 5.74) is 0. The third kappa shape index (κ3) is 2.89. The lowest BCUT2D eigenvalue weighted by atomic mass is 9.96. The van der Waals surface area contributed by atoms with Gasteiger partial charge in [-0.15, -0.1) is 10.2 Å². The lowest BCUT2D eigenvalue weighted by molar-refractivity contribution is -0.145. The van der Waals surface area contributed by atoms with E-state index in [-0.39, 0.29) is 11.9 Å². The van der Waals surface area contributed by atoms with Crippen molar-refractivity contribution in [2.75, 3.05) is 6.61 Å². The Morgan fingerprint density at radius 1 is 1.56 bits per heavy atom. The highest BCUT2D eigenvalue weighted by Crippen LogP contribution is 2.37. The van der Waals surface area contributed by atoms with Crippen molar-refractivity contribution in [2.45, 2.75) is 52.0 Å². The second kappa shape index (κ2) is 5.50. The van der Waals surface area contributed by atoms with E-state index in [0.29, 0.717) is 18.6 Å². The van der Waals surface area contributed by atoms with E-state index in [1.807, 2.05) is 11.5 Å². The summed E-state index contributed by atoms with van der Waals surface area (Å²) in [6.07, 6.45) is 4.80. The van der Waals surface area contributed by atoms with Crippen LogP contribution < -0.4 is 0 Å². The number of hydrogen-bond acceptors (Lipinski definition) is 4. The molecule has 1 atom stereocenters. The van der Waals surface area contributed by atoms with E-state index in [9.17, 15) is 4.79 Å². The molecule has 1 heterocycles. The van der Waals surface area contributed by atoms with Crippen LogP contribution in [0.3, 0.4) is 0 Å². The molecule has 0 N–H and O–H groups in total. The van der Waals surface area contributed by atoms with Crippen molar-refractivity contribution in [1.29, 1.82) is 0 Å². The molecular weight excluding hydrogens is 230 g/mol. The summed E-state index contributed by atoms with van der Waals surface area (Å²) < 4.78 is 7.21. The second-order valence-electron chi connectivity index (χ2n) is 5.26. The molecule has 0 aromatic carbocycles. The number of nitrogens with zero attached hydrogens (tertiary/aromatic N) is 3. The van der Waals surface area contributed by atoms with Gasteiger partial charge in [0.25, 0.3) is 0 Å². The van der Waals surface area contributed by atoms with Crippen molar-refractivity contribution >= 4 is 5.97 Å². The Bertz CT molecular complexity index is 410. The standard InChI is InChI=1S/C13H21N3O2/c1-4-18-13(17)11(7-9(2)3)12-15-14-8-16(12)10-5-6-10/h8-11H,4-7H2,1-3H3. The average Bonchev–Trinajstić information content (AvgIpc) is 3.05. The first-order valence-electron chi connectivity index (χ1n) is 6.69. The first kappa shape index (κ1) is 13.1. The van der Waals surface area contributed by atoms with Gasteiger partial charge in [0.05, 0.1) is 6.61 Å². The molecule has 0 radical (unpaired) electrons. The van der Waals surface area contributed by atoms with Gasteiger partial charge in [-0.1, -0.05) is 13.8 Å². The summed E-state index contributed by atoms with van der Waals surface area (Å²) >= 11 is 0. The van der Waals surface area contributed by atoms with E-state index in [2.05, 4.69) is 24.0 Å². The molecule has 5 heteroatoms.